The van der Waals surface area contributed by atoms with Crippen LogP contribution in [0.2, 0.25) is 0 Å². The van der Waals surface area contributed by atoms with E-state index < -0.39 is 0 Å². The second kappa shape index (κ2) is 4.74. The molecular formula is C17H14Br. The van der Waals surface area contributed by atoms with Gasteiger partial charge in [-0.3, -0.25) is 0 Å². The van der Waals surface area contributed by atoms with Crippen LogP contribution in [0.25, 0.3) is 17.2 Å². The van der Waals surface area contributed by atoms with Crippen LogP contribution in [0.4, 0.5) is 0 Å². The van der Waals surface area contributed by atoms with Crippen molar-refractivity contribution >= 4 is 22.0 Å². The molecular weight excluding hydrogens is 284 g/mol. The molecule has 89 valence electrons. The number of rotatable bonds is 2. The van der Waals surface area contributed by atoms with E-state index in [-0.39, 0.29) is 0 Å². The maximum Gasteiger partial charge on any atom is 0.0253 e. The zero-order chi connectivity index (χ0) is 12.5. The summed E-state index contributed by atoms with van der Waals surface area (Å²) in [6.07, 6.45) is 5.68. The van der Waals surface area contributed by atoms with Gasteiger partial charge in [-0.05, 0) is 34.7 Å². The summed E-state index contributed by atoms with van der Waals surface area (Å²) >= 11 is 3.64. The number of fused-ring (bicyclic) bond motifs is 1. The van der Waals surface area contributed by atoms with Crippen molar-refractivity contribution in [3.05, 3.63) is 70.1 Å². The summed E-state index contributed by atoms with van der Waals surface area (Å²) in [5.41, 5.74) is 6.65. The van der Waals surface area contributed by atoms with Gasteiger partial charge in [-0.15, -0.1) is 0 Å². The maximum absolute atomic E-state index is 3.64. The highest BCUT2D eigenvalue weighted by Crippen LogP contribution is 2.38. The third-order valence-corrected chi connectivity index (χ3v) is 4.07. The second-order valence-corrected chi connectivity index (χ2v) is 5.36. The molecule has 0 heterocycles. The fraction of sp³-hybridized carbons (Fsp3) is 0.118. The van der Waals surface area contributed by atoms with Gasteiger partial charge >= 0.3 is 0 Å². The van der Waals surface area contributed by atoms with Crippen LogP contribution in [0, 0.1) is 6.42 Å². The average Bonchev–Trinajstić information content (AvgIpc) is 2.82. The Morgan fingerprint density at radius 1 is 0.944 bits per heavy atom. The molecule has 3 rings (SSSR count). The number of benzene rings is 2. The van der Waals surface area contributed by atoms with Gasteiger partial charge < -0.3 is 0 Å². The van der Waals surface area contributed by atoms with E-state index in [9.17, 15) is 0 Å². The van der Waals surface area contributed by atoms with Crippen LogP contribution in [0.3, 0.4) is 0 Å². The molecule has 0 aliphatic heterocycles. The summed E-state index contributed by atoms with van der Waals surface area (Å²) in [7, 11) is 0. The zero-order valence-corrected chi connectivity index (χ0v) is 11.9. The number of hydrogen-bond donors (Lipinski definition) is 0. The molecule has 0 atom stereocenters. The van der Waals surface area contributed by atoms with Gasteiger partial charge in [0.2, 0.25) is 0 Å². The van der Waals surface area contributed by atoms with Crippen molar-refractivity contribution in [2.24, 2.45) is 0 Å². The lowest BCUT2D eigenvalue weighted by Crippen LogP contribution is -1.87. The topological polar surface area (TPSA) is 0 Å². The first-order valence-corrected chi connectivity index (χ1v) is 7.02. The van der Waals surface area contributed by atoms with E-state index in [4.69, 9.17) is 0 Å². The van der Waals surface area contributed by atoms with Crippen LogP contribution in [0.15, 0.2) is 52.5 Å². The molecule has 2 aromatic rings. The fourth-order valence-corrected chi connectivity index (χ4v) is 2.91. The highest BCUT2D eigenvalue weighted by Gasteiger charge is 2.16. The smallest absolute Gasteiger partial charge is 0.0253 e. The molecule has 0 bridgehead atoms. The van der Waals surface area contributed by atoms with Crippen LogP contribution < -0.4 is 0 Å². The van der Waals surface area contributed by atoms with E-state index in [2.05, 4.69) is 77.8 Å². The minimum absolute atomic E-state index is 1.09. The lowest BCUT2D eigenvalue weighted by atomic mass is 9.97. The Bertz CT molecular complexity index is 623. The third-order valence-electron chi connectivity index (χ3n) is 3.38. The van der Waals surface area contributed by atoms with Gasteiger partial charge in [0.15, 0.2) is 0 Å². The molecule has 0 nitrogen and oxygen atoms in total. The Labute approximate surface area is 116 Å². The first kappa shape index (κ1) is 11.7. The van der Waals surface area contributed by atoms with E-state index in [1.165, 1.54) is 27.8 Å². The quantitative estimate of drug-likeness (QED) is 0.689. The van der Waals surface area contributed by atoms with Crippen molar-refractivity contribution in [2.45, 2.75) is 13.3 Å². The Kier molecular flexibility index (Phi) is 3.09. The summed E-state index contributed by atoms with van der Waals surface area (Å²) in [6, 6.07) is 14.9. The van der Waals surface area contributed by atoms with Crippen molar-refractivity contribution in [3.8, 4) is 11.1 Å². The van der Waals surface area contributed by atoms with Crippen molar-refractivity contribution < 1.29 is 0 Å². The SMILES string of the molecule is CCC1=Cc2c(cccc2-c2ccccc2Br)[CH]1. The van der Waals surface area contributed by atoms with Crippen LogP contribution in [0.1, 0.15) is 24.5 Å². The van der Waals surface area contributed by atoms with Crippen LogP contribution in [-0.4, -0.2) is 0 Å². The van der Waals surface area contributed by atoms with Gasteiger partial charge in [0.1, 0.15) is 0 Å². The third kappa shape index (κ3) is 1.93. The van der Waals surface area contributed by atoms with Gasteiger partial charge in [-0.1, -0.05) is 70.9 Å². The standard InChI is InChI=1S/C17H14Br/c1-2-12-10-13-6-5-8-14(16(13)11-12)15-7-3-4-9-17(15)18/h3-11H,2H2,1H3. The number of hydrogen-bond acceptors (Lipinski definition) is 0. The molecule has 0 saturated heterocycles. The van der Waals surface area contributed by atoms with Gasteiger partial charge in [-0.2, -0.15) is 0 Å². The summed E-state index contributed by atoms with van der Waals surface area (Å²) < 4.78 is 1.15. The molecule has 1 radical (unpaired) electrons. The van der Waals surface area contributed by atoms with Crippen LogP contribution >= 0.6 is 15.9 Å². The summed E-state index contributed by atoms with van der Waals surface area (Å²) in [4.78, 5) is 0. The highest BCUT2D eigenvalue weighted by molar-refractivity contribution is 9.10. The summed E-state index contributed by atoms with van der Waals surface area (Å²) in [5, 5.41) is 0. The lowest BCUT2D eigenvalue weighted by molar-refractivity contribution is 1.14. The molecule has 1 aliphatic rings. The second-order valence-electron chi connectivity index (χ2n) is 4.51. The summed E-state index contributed by atoms with van der Waals surface area (Å²) in [5.74, 6) is 0. The maximum atomic E-state index is 3.64. The van der Waals surface area contributed by atoms with Gasteiger partial charge in [-0.25, -0.2) is 0 Å². The van der Waals surface area contributed by atoms with Crippen molar-refractivity contribution in [1.29, 1.82) is 0 Å². The first-order valence-electron chi connectivity index (χ1n) is 6.23. The molecule has 0 N–H and O–H groups in total. The van der Waals surface area contributed by atoms with Gasteiger partial charge in [0.25, 0.3) is 0 Å². The Morgan fingerprint density at radius 2 is 1.72 bits per heavy atom. The molecule has 18 heavy (non-hydrogen) atoms. The Morgan fingerprint density at radius 3 is 2.50 bits per heavy atom. The van der Waals surface area contributed by atoms with Gasteiger partial charge in [0, 0.05) is 10.9 Å². The molecule has 1 heteroatoms. The molecule has 0 spiro atoms. The molecule has 0 saturated carbocycles. The molecule has 1 aliphatic carbocycles. The summed E-state index contributed by atoms with van der Waals surface area (Å²) in [6.45, 7) is 2.20. The molecule has 0 unspecified atom stereocenters. The van der Waals surface area contributed by atoms with E-state index in [0.717, 1.165) is 10.9 Å². The highest BCUT2D eigenvalue weighted by atomic mass is 79.9. The van der Waals surface area contributed by atoms with Crippen LogP contribution in [0.5, 0.6) is 0 Å². The molecule has 0 amide bonds. The predicted molar refractivity (Wildman–Crippen MR) is 81.2 cm³/mol. The van der Waals surface area contributed by atoms with E-state index in [1.54, 1.807) is 0 Å². The minimum atomic E-state index is 1.09. The minimum Gasteiger partial charge on any atom is -0.0616 e. The van der Waals surface area contributed by atoms with E-state index in [0.29, 0.717) is 0 Å². The monoisotopic (exact) mass is 297 g/mol. The molecule has 0 aromatic heterocycles. The predicted octanol–water partition coefficient (Wildman–Crippen LogP) is 5.48. The van der Waals surface area contributed by atoms with E-state index >= 15 is 0 Å². The van der Waals surface area contributed by atoms with Crippen molar-refractivity contribution in [3.63, 3.8) is 0 Å². The Hall–Kier alpha value is -1.34. The molecule has 2 aromatic carbocycles. The zero-order valence-electron chi connectivity index (χ0n) is 10.3. The number of halogens is 1. The fourth-order valence-electron chi connectivity index (χ4n) is 2.42. The average molecular weight is 298 g/mol. The van der Waals surface area contributed by atoms with Gasteiger partial charge in [0.05, 0.1) is 0 Å². The van der Waals surface area contributed by atoms with E-state index in [1.807, 2.05) is 0 Å². The number of allylic oxidation sites excluding steroid dienone is 1. The molecule has 0 fully saturated rings. The lowest BCUT2D eigenvalue weighted by Gasteiger charge is -2.09. The normalized spacial score (nSPS) is 13.3. The Balaban J connectivity index is 2.18. The first-order chi connectivity index (χ1) is 8.79. The largest absolute Gasteiger partial charge is 0.0616 e. The van der Waals surface area contributed by atoms with Crippen molar-refractivity contribution in [2.75, 3.05) is 0 Å². The van der Waals surface area contributed by atoms with Crippen LogP contribution in [-0.2, 0) is 0 Å². The van der Waals surface area contributed by atoms with Crippen molar-refractivity contribution in [1.82, 2.24) is 0 Å².